The Morgan fingerprint density at radius 2 is 2.12 bits per heavy atom. The van der Waals surface area contributed by atoms with E-state index in [2.05, 4.69) is 9.97 Å². The molecule has 0 bridgehead atoms. The van der Waals surface area contributed by atoms with Crippen LogP contribution in [0, 0.1) is 6.92 Å². The third-order valence-electron chi connectivity index (χ3n) is 4.39. The molecule has 2 aromatic rings. The Bertz CT molecular complexity index is 762. The predicted octanol–water partition coefficient (Wildman–Crippen LogP) is 2.85. The van der Waals surface area contributed by atoms with Gasteiger partial charge in [-0.2, -0.15) is 0 Å². The Balaban J connectivity index is 1.92. The Labute approximate surface area is 142 Å². The number of rotatable bonds is 4. The molecular formula is C18H22N4O2. The van der Waals surface area contributed by atoms with Crippen LogP contribution in [-0.2, 0) is 4.79 Å². The Hall–Kier alpha value is -2.63. The molecule has 0 N–H and O–H groups in total. The number of likely N-dealkylation sites (tertiary alicyclic amines) is 1. The molecule has 1 aromatic carbocycles. The fraction of sp³-hybridized carbons (Fsp3) is 0.389. The van der Waals surface area contributed by atoms with Gasteiger partial charge in [0.05, 0.1) is 18.8 Å². The third-order valence-corrected chi connectivity index (χ3v) is 4.39. The van der Waals surface area contributed by atoms with Crippen molar-refractivity contribution < 1.29 is 9.53 Å². The molecule has 3 rings (SSSR count). The third kappa shape index (κ3) is 3.04. The molecule has 6 heteroatoms. The summed E-state index contributed by atoms with van der Waals surface area (Å²) in [6.45, 7) is 4.27. The van der Waals surface area contributed by atoms with Gasteiger partial charge in [-0.15, -0.1) is 0 Å². The van der Waals surface area contributed by atoms with Crippen molar-refractivity contribution >= 4 is 17.4 Å². The quantitative estimate of drug-likeness (QED) is 0.865. The first-order valence-corrected chi connectivity index (χ1v) is 8.00. The first-order valence-electron chi connectivity index (χ1n) is 8.00. The maximum absolute atomic E-state index is 11.7. The lowest BCUT2D eigenvalue weighted by atomic mass is 9.99. The summed E-state index contributed by atoms with van der Waals surface area (Å²) in [5.41, 5.74) is 1.88. The standard InChI is InChI=1S/C18H22N4O2/c1-12-19-16(17-8-9-22(17)13(2)23)11-18(20-12)21(3)14-6-5-7-15(10-14)24-4/h5-7,10-11,17H,8-9H2,1-4H3. The summed E-state index contributed by atoms with van der Waals surface area (Å²) >= 11 is 0. The van der Waals surface area contributed by atoms with Crippen LogP contribution in [-0.4, -0.2) is 41.5 Å². The van der Waals surface area contributed by atoms with Gasteiger partial charge in [-0.3, -0.25) is 4.79 Å². The second-order valence-corrected chi connectivity index (χ2v) is 5.98. The van der Waals surface area contributed by atoms with Crippen LogP contribution in [0.3, 0.4) is 0 Å². The highest BCUT2D eigenvalue weighted by Gasteiger charge is 2.33. The van der Waals surface area contributed by atoms with Crippen LogP contribution in [0.4, 0.5) is 11.5 Å². The zero-order valence-electron chi connectivity index (χ0n) is 14.5. The van der Waals surface area contributed by atoms with Crippen LogP contribution in [0.15, 0.2) is 30.3 Å². The molecule has 1 aliphatic rings. The topological polar surface area (TPSA) is 58.6 Å². The number of methoxy groups -OCH3 is 1. The Morgan fingerprint density at radius 1 is 1.33 bits per heavy atom. The first kappa shape index (κ1) is 16.2. The molecule has 0 spiro atoms. The van der Waals surface area contributed by atoms with Crippen LogP contribution < -0.4 is 9.64 Å². The number of hydrogen-bond donors (Lipinski definition) is 0. The molecule has 24 heavy (non-hydrogen) atoms. The van der Waals surface area contributed by atoms with Crippen molar-refractivity contribution in [2.24, 2.45) is 0 Å². The first-order chi connectivity index (χ1) is 11.5. The molecule has 1 saturated heterocycles. The van der Waals surface area contributed by atoms with E-state index in [1.54, 1.807) is 14.0 Å². The van der Waals surface area contributed by atoms with Crippen molar-refractivity contribution in [3.8, 4) is 5.75 Å². The molecule has 2 heterocycles. The van der Waals surface area contributed by atoms with Crippen molar-refractivity contribution in [2.75, 3.05) is 25.6 Å². The summed E-state index contributed by atoms with van der Waals surface area (Å²) in [7, 11) is 3.61. The maximum Gasteiger partial charge on any atom is 0.220 e. The van der Waals surface area contributed by atoms with Gasteiger partial charge >= 0.3 is 0 Å². The fourth-order valence-electron chi connectivity index (χ4n) is 2.94. The molecule has 1 atom stereocenters. The molecule has 1 aromatic heterocycles. The molecule has 1 fully saturated rings. The molecule has 0 radical (unpaired) electrons. The number of benzene rings is 1. The zero-order valence-corrected chi connectivity index (χ0v) is 14.5. The van der Waals surface area contributed by atoms with Gasteiger partial charge < -0.3 is 14.5 Å². The van der Waals surface area contributed by atoms with E-state index in [1.165, 1.54) is 0 Å². The lowest BCUT2D eigenvalue weighted by Gasteiger charge is -2.40. The highest BCUT2D eigenvalue weighted by atomic mass is 16.5. The minimum absolute atomic E-state index is 0.0571. The van der Waals surface area contributed by atoms with Gasteiger partial charge in [0.1, 0.15) is 17.4 Å². The average Bonchev–Trinajstić information content (AvgIpc) is 2.52. The van der Waals surface area contributed by atoms with E-state index in [9.17, 15) is 4.79 Å². The average molecular weight is 326 g/mol. The number of amides is 1. The number of aryl methyl sites for hydroxylation is 1. The van der Waals surface area contributed by atoms with Crippen LogP contribution in [0.1, 0.15) is 30.9 Å². The van der Waals surface area contributed by atoms with Gasteiger partial charge in [0.25, 0.3) is 0 Å². The van der Waals surface area contributed by atoms with Crippen LogP contribution in [0.5, 0.6) is 5.75 Å². The monoisotopic (exact) mass is 326 g/mol. The summed E-state index contributed by atoms with van der Waals surface area (Å²) in [4.78, 5) is 24.6. The summed E-state index contributed by atoms with van der Waals surface area (Å²) in [6.07, 6.45) is 0.943. The van der Waals surface area contributed by atoms with Gasteiger partial charge in [-0.25, -0.2) is 9.97 Å². The second-order valence-electron chi connectivity index (χ2n) is 5.98. The normalized spacial score (nSPS) is 16.5. The fourth-order valence-corrected chi connectivity index (χ4v) is 2.94. The minimum Gasteiger partial charge on any atom is -0.497 e. The van der Waals surface area contributed by atoms with Crippen LogP contribution >= 0.6 is 0 Å². The van der Waals surface area contributed by atoms with Crippen molar-refractivity contribution in [3.63, 3.8) is 0 Å². The molecular weight excluding hydrogens is 304 g/mol. The van der Waals surface area contributed by atoms with Gasteiger partial charge in [0.15, 0.2) is 0 Å². The zero-order chi connectivity index (χ0) is 17.3. The molecule has 0 saturated carbocycles. The van der Waals surface area contributed by atoms with Gasteiger partial charge in [-0.05, 0) is 25.5 Å². The van der Waals surface area contributed by atoms with Crippen molar-refractivity contribution in [3.05, 3.63) is 41.9 Å². The Kier molecular flexibility index (Phi) is 4.38. The number of carbonyl (C=O) groups is 1. The van der Waals surface area contributed by atoms with E-state index in [-0.39, 0.29) is 11.9 Å². The second kappa shape index (κ2) is 6.47. The van der Waals surface area contributed by atoms with E-state index in [1.807, 2.05) is 54.1 Å². The van der Waals surface area contributed by atoms with Gasteiger partial charge in [0, 0.05) is 38.3 Å². The van der Waals surface area contributed by atoms with Crippen LogP contribution in [0.25, 0.3) is 0 Å². The number of anilines is 2. The van der Waals surface area contributed by atoms with Crippen LogP contribution in [0.2, 0.25) is 0 Å². The number of nitrogens with zero attached hydrogens (tertiary/aromatic N) is 4. The largest absolute Gasteiger partial charge is 0.497 e. The number of hydrogen-bond acceptors (Lipinski definition) is 5. The van der Waals surface area contributed by atoms with E-state index >= 15 is 0 Å². The summed E-state index contributed by atoms with van der Waals surface area (Å²) < 4.78 is 5.29. The molecule has 6 nitrogen and oxygen atoms in total. The van der Waals surface area contributed by atoms with E-state index in [0.717, 1.165) is 35.9 Å². The summed E-state index contributed by atoms with van der Waals surface area (Å²) in [6, 6.07) is 9.84. The number of ether oxygens (including phenoxy) is 1. The van der Waals surface area contributed by atoms with Crippen molar-refractivity contribution in [1.82, 2.24) is 14.9 Å². The van der Waals surface area contributed by atoms with Crippen molar-refractivity contribution in [1.29, 1.82) is 0 Å². The highest BCUT2D eigenvalue weighted by Crippen LogP contribution is 2.34. The summed E-state index contributed by atoms with van der Waals surface area (Å²) in [5.74, 6) is 2.39. The highest BCUT2D eigenvalue weighted by molar-refractivity contribution is 5.74. The van der Waals surface area contributed by atoms with Crippen molar-refractivity contribution in [2.45, 2.75) is 26.3 Å². The summed E-state index contributed by atoms with van der Waals surface area (Å²) in [5, 5.41) is 0. The lowest BCUT2D eigenvalue weighted by Crippen LogP contribution is -2.44. The number of aromatic nitrogens is 2. The van der Waals surface area contributed by atoms with E-state index < -0.39 is 0 Å². The lowest BCUT2D eigenvalue weighted by molar-refractivity contribution is -0.136. The van der Waals surface area contributed by atoms with E-state index in [0.29, 0.717) is 5.82 Å². The predicted molar refractivity (Wildman–Crippen MR) is 92.6 cm³/mol. The Morgan fingerprint density at radius 3 is 2.75 bits per heavy atom. The van der Waals surface area contributed by atoms with Gasteiger partial charge in [0.2, 0.25) is 5.91 Å². The smallest absolute Gasteiger partial charge is 0.220 e. The molecule has 1 unspecified atom stereocenters. The molecule has 1 aliphatic heterocycles. The molecule has 0 aliphatic carbocycles. The van der Waals surface area contributed by atoms with E-state index in [4.69, 9.17) is 4.74 Å². The minimum atomic E-state index is 0.0571. The van der Waals surface area contributed by atoms with Gasteiger partial charge in [-0.1, -0.05) is 6.07 Å². The molecule has 126 valence electrons. The molecule has 1 amide bonds. The number of carbonyl (C=O) groups excluding carboxylic acids is 1. The SMILES string of the molecule is COc1cccc(N(C)c2cc(C3CCN3C(C)=O)nc(C)n2)c1. The maximum atomic E-state index is 11.7.